The van der Waals surface area contributed by atoms with E-state index in [1.807, 2.05) is 6.07 Å². The van der Waals surface area contributed by atoms with Gasteiger partial charge in [-0.15, -0.1) is 0 Å². The number of fused-ring (bicyclic) bond motifs is 1. The third-order valence-electron chi connectivity index (χ3n) is 4.86. The molecule has 0 unspecified atom stereocenters. The predicted octanol–water partition coefficient (Wildman–Crippen LogP) is 3.75. The minimum Gasteiger partial charge on any atom is -0.497 e. The van der Waals surface area contributed by atoms with Crippen LogP contribution in [0.25, 0.3) is 0 Å². The zero-order valence-corrected chi connectivity index (χ0v) is 15.2. The molecule has 1 aliphatic carbocycles. The summed E-state index contributed by atoms with van der Waals surface area (Å²) in [4.78, 5) is 12.0. The summed E-state index contributed by atoms with van der Waals surface area (Å²) in [6.07, 6.45) is 3.45. The number of anilines is 2. The molecule has 2 heterocycles. The number of aromatic nitrogens is 2. The van der Waals surface area contributed by atoms with E-state index in [0.717, 1.165) is 42.7 Å². The number of hydrogen-bond donors (Lipinski definition) is 1. The maximum Gasteiger partial charge on any atom is 0.136 e. The van der Waals surface area contributed by atoms with Gasteiger partial charge in [-0.1, -0.05) is 6.07 Å². The van der Waals surface area contributed by atoms with Gasteiger partial charge in [0.2, 0.25) is 0 Å². The second-order valence-electron chi connectivity index (χ2n) is 7.35. The third-order valence-corrected chi connectivity index (χ3v) is 4.86. The first-order valence-electron chi connectivity index (χ1n) is 9.18. The standard InChI is InChI=1S/C20H26N4O/c1-13(2)21-18-11-19(23-20(22-18)14-4-5-14)24-9-8-15-10-17(25-3)7-6-16(15)12-24/h6-7,10-11,13-14H,4-5,8-9,12H2,1-3H3,(H,21,22,23). The van der Waals surface area contributed by atoms with E-state index in [1.54, 1.807) is 7.11 Å². The molecule has 1 aromatic heterocycles. The molecule has 0 amide bonds. The monoisotopic (exact) mass is 338 g/mol. The van der Waals surface area contributed by atoms with Crippen LogP contribution in [0.2, 0.25) is 0 Å². The molecule has 0 saturated heterocycles. The van der Waals surface area contributed by atoms with Crippen molar-refractivity contribution in [3.63, 3.8) is 0 Å². The summed E-state index contributed by atoms with van der Waals surface area (Å²) < 4.78 is 5.35. The Morgan fingerprint density at radius 3 is 2.72 bits per heavy atom. The van der Waals surface area contributed by atoms with Gasteiger partial charge in [-0.2, -0.15) is 0 Å². The van der Waals surface area contributed by atoms with Gasteiger partial charge >= 0.3 is 0 Å². The number of nitrogens with zero attached hydrogens (tertiary/aromatic N) is 3. The van der Waals surface area contributed by atoms with Crippen LogP contribution in [0.3, 0.4) is 0 Å². The number of methoxy groups -OCH3 is 1. The first-order valence-corrected chi connectivity index (χ1v) is 9.18. The third kappa shape index (κ3) is 3.55. The summed E-state index contributed by atoms with van der Waals surface area (Å²) in [5, 5.41) is 3.45. The van der Waals surface area contributed by atoms with E-state index in [0.29, 0.717) is 12.0 Å². The van der Waals surface area contributed by atoms with Crippen molar-refractivity contribution >= 4 is 11.6 Å². The van der Waals surface area contributed by atoms with Crippen LogP contribution in [-0.2, 0) is 13.0 Å². The molecule has 5 nitrogen and oxygen atoms in total. The SMILES string of the molecule is COc1ccc2c(c1)CCN(c1cc(NC(C)C)nc(C3CC3)n1)C2. The average Bonchev–Trinajstić information content (AvgIpc) is 3.45. The smallest absolute Gasteiger partial charge is 0.136 e. The highest BCUT2D eigenvalue weighted by Gasteiger charge is 2.28. The molecule has 1 aliphatic heterocycles. The average molecular weight is 338 g/mol. The molecule has 2 aromatic rings. The Hall–Kier alpha value is -2.30. The second-order valence-corrected chi connectivity index (χ2v) is 7.35. The topological polar surface area (TPSA) is 50.3 Å². The van der Waals surface area contributed by atoms with Gasteiger partial charge in [0.05, 0.1) is 7.11 Å². The van der Waals surface area contributed by atoms with Gasteiger partial charge in [-0.25, -0.2) is 9.97 Å². The molecule has 25 heavy (non-hydrogen) atoms. The van der Waals surface area contributed by atoms with Gasteiger partial charge in [-0.3, -0.25) is 0 Å². The molecule has 132 valence electrons. The molecule has 1 N–H and O–H groups in total. The fourth-order valence-electron chi connectivity index (χ4n) is 3.36. The van der Waals surface area contributed by atoms with Crippen molar-refractivity contribution < 1.29 is 4.74 Å². The maximum absolute atomic E-state index is 5.35. The summed E-state index contributed by atoms with van der Waals surface area (Å²) >= 11 is 0. The molecule has 5 heteroatoms. The molecular weight excluding hydrogens is 312 g/mol. The molecule has 2 aliphatic rings. The minimum atomic E-state index is 0.365. The lowest BCUT2D eigenvalue weighted by Crippen LogP contribution is -2.31. The van der Waals surface area contributed by atoms with Crippen molar-refractivity contribution in [1.29, 1.82) is 0 Å². The summed E-state index contributed by atoms with van der Waals surface area (Å²) in [5.74, 6) is 4.48. The molecular formula is C20H26N4O. The largest absolute Gasteiger partial charge is 0.497 e. The van der Waals surface area contributed by atoms with Crippen LogP contribution >= 0.6 is 0 Å². The van der Waals surface area contributed by atoms with Crippen molar-refractivity contribution in [3.8, 4) is 5.75 Å². The highest BCUT2D eigenvalue weighted by Crippen LogP contribution is 2.39. The number of nitrogens with one attached hydrogen (secondary N) is 1. The van der Waals surface area contributed by atoms with Crippen LogP contribution < -0.4 is 15.0 Å². The van der Waals surface area contributed by atoms with Crippen molar-refractivity contribution in [2.24, 2.45) is 0 Å². The number of rotatable bonds is 5. The summed E-state index contributed by atoms with van der Waals surface area (Å²) in [6, 6.07) is 8.85. The van der Waals surface area contributed by atoms with Crippen molar-refractivity contribution in [3.05, 3.63) is 41.2 Å². The van der Waals surface area contributed by atoms with E-state index >= 15 is 0 Å². The quantitative estimate of drug-likeness (QED) is 0.900. The molecule has 0 atom stereocenters. The van der Waals surface area contributed by atoms with Crippen LogP contribution in [0.5, 0.6) is 5.75 Å². The number of ether oxygens (including phenoxy) is 1. The van der Waals surface area contributed by atoms with Crippen LogP contribution in [-0.4, -0.2) is 29.7 Å². The van der Waals surface area contributed by atoms with Gasteiger partial charge in [-0.05, 0) is 56.4 Å². The molecule has 4 rings (SSSR count). The van der Waals surface area contributed by atoms with Gasteiger partial charge in [0, 0.05) is 31.1 Å². The second kappa shape index (κ2) is 6.54. The highest BCUT2D eigenvalue weighted by atomic mass is 16.5. The van der Waals surface area contributed by atoms with Gasteiger partial charge in [0.1, 0.15) is 23.2 Å². The molecule has 1 fully saturated rings. The fourth-order valence-corrected chi connectivity index (χ4v) is 3.36. The van der Waals surface area contributed by atoms with Crippen molar-refractivity contribution in [2.75, 3.05) is 23.9 Å². The van der Waals surface area contributed by atoms with E-state index in [9.17, 15) is 0 Å². The summed E-state index contributed by atoms with van der Waals surface area (Å²) in [5.41, 5.74) is 2.74. The first-order chi connectivity index (χ1) is 12.1. The molecule has 0 bridgehead atoms. The van der Waals surface area contributed by atoms with E-state index in [4.69, 9.17) is 14.7 Å². The molecule has 0 radical (unpaired) electrons. The predicted molar refractivity (Wildman–Crippen MR) is 101 cm³/mol. The van der Waals surface area contributed by atoms with Crippen molar-refractivity contribution in [1.82, 2.24) is 9.97 Å². The summed E-state index contributed by atoms with van der Waals surface area (Å²) in [7, 11) is 1.72. The lowest BCUT2D eigenvalue weighted by molar-refractivity contribution is 0.413. The normalized spacial score (nSPS) is 16.7. The van der Waals surface area contributed by atoms with Crippen LogP contribution in [0, 0.1) is 0 Å². The van der Waals surface area contributed by atoms with Crippen LogP contribution in [0.1, 0.15) is 49.6 Å². The van der Waals surface area contributed by atoms with Crippen molar-refractivity contribution in [2.45, 2.75) is 51.6 Å². The first kappa shape index (κ1) is 16.2. The Labute approximate surface area is 149 Å². The Balaban J connectivity index is 1.61. The minimum absolute atomic E-state index is 0.365. The van der Waals surface area contributed by atoms with Gasteiger partial charge < -0.3 is 15.0 Å². The molecule has 1 aromatic carbocycles. The molecule has 0 spiro atoms. The van der Waals surface area contributed by atoms with E-state index in [1.165, 1.54) is 24.0 Å². The van der Waals surface area contributed by atoms with Crippen LogP contribution in [0.4, 0.5) is 11.6 Å². The Kier molecular flexibility index (Phi) is 4.24. The number of benzene rings is 1. The maximum atomic E-state index is 5.35. The zero-order valence-electron chi connectivity index (χ0n) is 15.2. The zero-order chi connectivity index (χ0) is 17.4. The van der Waals surface area contributed by atoms with Gasteiger partial charge in [0.25, 0.3) is 0 Å². The lowest BCUT2D eigenvalue weighted by atomic mass is 9.99. The van der Waals surface area contributed by atoms with E-state index in [2.05, 4.69) is 42.3 Å². The van der Waals surface area contributed by atoms with Crippen LogP contribution in [0.15, 0.2) is 24.3 Å². The van der Waals surface area contributed by atoms with E-state index < -0.39 is 0 Å². The Bertz CT molecular complexity index is 770. The summed E-state index contributed by atoms with van der Waals surface area (Å²) in [6.45, 7) is 6.15. The fraction of sp³-hybridized carbons (Fsp3) is 0.500. The Morgan fingerprint density at radius 1 is 1.16 bits per heavy atom. The lowest BCUT2D eigenvalue weighted by Gasteiger charge is -2.30. The molecule has 1 saturated carbocycles. The van der Waals surface area contributed by atoms with Gasteiger partial charge in [0.15, 0.2) is 0 Å². The number of hydrogen-bond acceptors (Lipinski definition) is 5. The van der Waals surface area contributed by atoms with E-state index in [-0.39, 0.29) is 0 Å². The highest BCUT2D eigenvalue weighted by molar-refractivity contribution is 5.53. The Morgan fingerprint density at radius 2 is 2.00 bits per heavy atom.